The third-order valence-corrected chi connectivity index (χ3v) is 7.69. The van der Waals surface area contributed by atoms with E-state index in [1.165, 1.54) is 23.1 Å². The molecule has 35 heavy (non-hydrogen) atoms. The maximum absolute atomic E-state index is 13.8. The lowest BCUT2D eigenvalue weighted by Gasteiger charge is -2.12. The van der Waals surface area contributed by atoms with Gasteiger partial charge in [0.15, 0.2) is 10.9 Å². The molecule has 0 aliphatic rings. The number of para-hydroxylation sites is 2. The van der Waals surface area contributed by atoms with Crippen LogP contribution in [0.4, 0.5) is 0 Å². The van der Waals surface area contributed by atoms with Crippen molar-refractivity contribution < 1.29 is 9.21 Å². The molecule has 0 radical (unpaired) electrons. The van der Waals surface area contributed by atoms with Crippen molar-refractivity contribution in [3.63, 3.8) is 0 Å². The molecule has 8 heteroatoms. The van der Waals surface area contributed by atoms with Crippen molar-refractivity contribution in [2.45, 2.75) is 12.1 Å². The van der Waals surface area contributed by atoms with E-state index in [1.807, 2.05) is 73.0 Å². The lowest BCUT2D eigenvalue weighted by molar-refractivity contribution is 0.102. The molecule has 2 aromatic carbocycles. The molecule has 6 aromatic rings. The van der Waals surface area contributed by atoms with Crippen LogP contribution in [-0.4, -0.2) is 26.1 Å². The summed E-state index contributed by atoms with van der Waals surface area (Å²) in [5, 5.41) is 3.78. The van der Waals surface area contributed by atoms with Gasteiger partial charge >= 0.3 is 0 Å². The fourth-order valence-electron chi connectivity index (χ4n) is 4.33. The van der Waals surface area contributed by atoms with Gasteiger partial charge in [-0.1, -0.05) is 48.2 Å². The second-order valence-corrected chi connectivity index (χ2v) is 9.86. The van der Waals surface area contributed by atoms with Gasteiger partial charge in [-0.05, 0) is 37.3 Å². The highest BCUT2D eigenvalue weighted by atomic mass is 32.2. The number of nitrogens with one attached hydrogen (secondary N) is 1. The Morgan fingerprint density at radius 2 is 1.89 bits per heavy atom. The molecular formula is C27H19N3O3S2. The smallest absolute Gasteiger partial charge is 0.268 e. The van der Waals surface area contributed by atoms with Gasteiger partial charge in [-0.2, -0.15) is 0 Å². The van der Waals surface area contributed by atoms with Gasteiger partial charge in [0.1, 0.15) is 10.6 Å². The quantitative estimate of drug-likeness (QED) is 0.162. The molecular weight excluding hydrogens is 478 g/mol. The van der Waals surface area contributed by atoms with E-state index in [-0.39, 0.29) is 17.1 Å². The molecule has 0 aliphatic carbocycles. The number of Topliss-reactive ketones (excluding diaryl/α,β-unsaturated/α-hetero) is 1. The molecule has 0 bridgehead atoms. The van der Waals surface area contributed by atoms with Gasteiger partial charge in [-0.15, -0.1) is 11.3 Å². The summed E-state index contributed by atoms with van der Waals surface area (Å²) in [7, 11) is 0. The summed E-state index contributed by atoms with van der Waals surface area (Å²) in [5.74, 6) is 0.769. The van der Waals surface area contributed by atoms with Crippen LogP contribution >= 0.6 is 23.1 Å². The van der Waals surface area contributed by atoms with Gasteiger partial charge in [-0.3, -0.25) is 14.2 Å². The summed E-state index contributed by atoms with van der Waals surface area (Å²) in [4.78, 5) is 35.8. The van der Waals surface area contributed by atoms with Crippen molar-refractivity contribution in [2.24, 2.45) is 0 Å². The molecule has 0 spiro atoms. The van der Waals surface area contributed by atoms with Crippen molar-refractivity contribution in [3.05, 3.63) is 100.0 Å². The number of fused-ring (bicyclic) bond motifs is 2. The molecule has 172 valence electrons. The number of thioether (sulfide) groups is 1. The van der Waals surface area contributed by atoms with E-state index in [1.54, 1.807) is 16.9 Å². The van der Waals surface area contributed by atoms with Gasteiger partial charge < -0.3 is 9.40 Å². The molecule has 0 unspecified atom stereocenters. The number of ketones is 1. The maximum Gasteiger partial charge on any atom is 0.268 e. The fraction of sp³-hybridized carbons (Fsp3) is 0.0741. The summed E-state index contributed by atoms with van der Waals surface area (Å²) in [6.07, 6.45) is 1.59. The summed E-state index contributed by atoms with van der Waals surface area (Å²) >= 11 is 2.67. The minimum Gasteiger partial charge on any atom is -0.464 e. The highest BCUT2D eigenvalue weighted by Crippen LogP contribution is 2.33. The molecule has 4 heterocycles. The number of H-pyrrole nitrogens is 1. The van der Waals surface area contributed by atoms with E-state index in [2.05, 4.69) is 4.98 Å². The van der Waals surface area contributed by atoms with Crippen molar-refractivity contribution in [3.8, 4) is 17.0 Å². The fourth-order valence-corrected chi connectivity index (χ4v) is 6.18. The van der Waals surface area contributed by atoms with Crippen LogP contribution in [0, 0.1) is 6.92 Å². The largest absolute Gasteiger partial charge is 0.464 e. The molecule has 0 saturated carbocycles. The van der Waals surface area contributed by atoms with Gasteiger partial charge in [0, 0.05) is 33.1 Å². The van der Waals surface area contributed by atoms with Crippen LogP contribution in [0.1, 0.15) is 16.1 Å². The Hall–Kier alpha value is -3.88. The molecule has 6 nitrogen and oxygen atoms in total. The first-order valence-electron chi connectivity index (χ1n) is 11.0. The van der Waals surface area contributed by atoms with E-state index in [9.17, 15) is 9.59 Å². The standard InChI is InChI=1S/C27H19N3O3S2/c1-16-23(18-10-5-6-11-20(18)28-16)21(31)15-35-27-29-25-24(19(14-34-25)22-12-7-13-33-22)26(32)30(27)17-8-3-2-4-9-17/h2-14,28H,15H2,1H3. The highest BCUT2D eigenvalue weighted by Gasteiger charge is 2.22. The number of nitrogens with zero attached hydrogens (tertiary/aromatic N) is 2. The molecule has 0 atom stereocenters. The average Bonchev–Trinajstić information content (AvgIpc) is 3.61. The SMILES string of the molecule is Cc1[nH]c2ccccc2c1C(=O)CSc1nc2scc(-c3ccco3)c2c(=O)n1-c1ccccc1. The van der Waals surface area contributed by atoms with Crippen molar-refractivity contribution in [1.82, 2.24) is 14.5 Å². The van der Waals surface area contributed by atoms with Crippen LogP contribution in [0.15, 0.2) is 92.7 Å². The predicted octanol–water partition coefficient (Wildman–Crippen LogP) is 6.47. The van der Waals surface area contributed by atoms with Gasteiger partial charge in [-0.25, -0.2) is 4.98 Å². The van der Waals surface area contributed by atoms with Crippen molar-refractivity contribution in [2.75, 3.05) is 5.75 Å². The highest BCUT2D eigenvalue weighted by molar-refractivity contribution is 7.99. The van der Waals surface area contributed by atoms with E-state index in [0.717, 1.165) is 22.2 Å². The van der Waals surface area contributed by atoms with Gasteiger partial charge in [0.05, 0.1) is 23.1 Å². The van der Waals surface area contributed by atoms with Gasteiger partial charge in [0.2, 0.25) is 0 Å². The Kier molecular flexibility index (Phi) is 5.39. The first-order chi connectivity index (χ1) is 17.1. The number of aromatic nitrogens is 3. The molecule has 0 amide bonds. The van der Waals surface area contributed by atoms with E-state index in [0.29, 0.717) is 32.4 Å². The van der Waals surface area contributed by atoms with Crippen LogP contribution < -0.4 is 5.56 Å². The molecule has 0 fully saturated rings. The third kappa shape index (κ3) is 3.71. The minimum absolute atomic E-state index is 0.0126. The maximum atomic E-state index is 13.8. The Labute approximate surface area is 208 Å². The van der Waals surface area contributed by atoms with E-state index in [4.69, 9.17) is 9.40 Å². The van der Waals surface area contributed by atoms with E-state index < -0.39 is 0 Å². The lowest BCUT2D eigenvalue weighted by atomic mass is 10.1. The topological polar surface area (TPSA) is 80.9 Å². The van der Waals surface area contributed by atoms with Crippen LogP contribution in [0.2, 0.25) is 0 Å². The summed E-state index contributed by atoms with van der Waals surface area (Å²) < 4.78 is 7.15. The zero-order valence-corrected chi connectivity index (χ0v) is 20.3. The predicted molar refractivity (Wildman–Crippen MR) is 141 cm³/mol. The Balaban J connectivity index is 1.44. The summed E-state index contributed by atoms with van der Waals surface area (Å²) in [6, 6.07) is 20.8. The first kappa shape index (κ1) is 21.6. The van der Waals surface area contributed by atoms with Crippen LogP contribution in [0.25, 0.3) is 38.1 Å². The van der Waals surface area contributed by atoms with Crippen molar-refractivity contribution in [1.29, 1.82) is 0 Å². The second kappa shape index (κ2) is 8.72. The molecule has 0 aliphatic heterocycles. The number of furan rings is 1. The summed E-state index contributed by atoms with van der Waals surface area (Å²) in [6.45, 7) is 1.91. The van der Waals surface area contributed by atoms with Crippen LogP contribution in [-0.2, 0) is 0 Å². The average molecular weight is 498 g/mol. The first-order valence-corrected chi connectivity index (χ1v) is 12.8. The number of rotatable bonds is 6. The van der Waals surface area contributed by atoms with Crippen LogP contribution in [0.5, 0.6) is 0 Å². The summed E-state index contributed by atoms with van der Waals surface area (Å²) in [5.41, 5.74) is 3.68. The minimum atomic E-state index is -0.188. The Morgan fingerprint density at radius 3 is 2.69 bits per heavy atom. The Bertz CT molecular complexity index is 1750. The number of thiophene rings is 1. The van der Waals surface area contributed by atoms with Crippen LogP contribution in [0.3, 0.4) is 0 Å². The zero-order chi connectivity index (χ0) is 23.9. The second-order valence-electron chi connectivity index (χ2n) is 8.06. The number of aryl methyl sites for hydroxylation is 1. The monoisotopic (exact) mass is 497 g/mol. The molecule has 4 aromatic heterocycles. The zero-order valence-electron chi connectivity index (χ0n) is 18.6. The van der Waals surface area contributed by atoms with E-state index >= 15 is 0 Å². The molecule has 1 N–H and O–H groups in total. The number of carbonyl (C=O) groups is 1. The molecule has 0 saturated heterocycles. The lowest BCUT2D eigenvalue weighted by Crippen LogP contribution is -2.22. The van der Waals surface area contributed by atoms with Gasteiger partial charge in [0.25, 0.3) is 5.56 Å². The van der Waals surface area contributed by atoms with Crippen molar-refractivity contribution >= 4 is 50.0 Å². The number of hydrogen-bond acceptors (Lipinski definition) is 6. The normalized spacial score (nSPS) is 11.5. The number of hydrogen-bond donors (Lipinski definition) is 1. The molecule has 6 rings (SSSR count). The Morgan fingerprint density at radius 1 is 1.09 bits per heavy atom. The number of carbonyl (C=O) groups excluding carboxylic acids is 1. The number of benzene rings is 2. The third-order valence-electron chi connectivity index (χ3n) is 5.88. The number of aromatic amines is 1.